The Morgan fingerprint density at radius 2 is 1.78 bits per heavy atom. The highest BCUT2D eigenvalue weighted by molar-refractivity contribution is 5.99. The van der Waals surface area contributed by atoms with Gasteiger partial charge in [0.25, 0.3) is 0 Å². The van der Waals surface area contributed by atoms with Gasteiger partial charge in [0.05, 0.1) is 11.1 Å². The molecule has 4 heteroatoms. The summed E-state index contributed by atoms with van der Waals surface area (Å²) in [4.78, 5) is 15.7. The number of carbonyl (C=O) groups is 1. The van der Waals surface area contributed by atoms with E-state index < -0.39 is 5.97 Å². The number of aromatic carboxylic acids is 1. The molecule has 0 fully saturated rings. The second-order valence-electron chi connectivity index (χ2n) is 5.79. The van der Waals surface area contributed by atoms with Gasteiger partial charge in [0.2, 0.25) is 0 Å². The van der Waals surface area contributed by atoms with Gasteiger partial charge in [-0.25, -0.2) is 4.79 Å². The number of nitrogens with zero attached hydrogens (tertiary/aromatic N) is 1. The van der Waals surface area contributed by atoms with Crippen molar-refractivity contribution in [2.75, 3.05) is 5.32 Å². The molecule has 0 spiro atoms. The highest BCUT2D eigenvalue weighted by atomic mass is 16.4. The van der Waals surface area contributed by atoms with Crippen molar-refractivity contribution in [1.82, 2.24) is 4.98 Å². The monoisotopic (exact) mass is 306 g/mol. The lowest BCUT2D eigenvalue weighted by atomic mass is 10.1. The minimum Gasteiger partial charge on any atom is -0.478 e. The molecule has 1 aromatic heterocycles. The summed E-state index contributed by atoms with van der Waals surface area (Å²) >= 11 is 0. The van der Waals surface area contributed by atoms with Crippen LogP contribution in [0, 0.1) is 20.8 Å². The largest absolute Gasteiger partial charge is 0.478 e. The second kappa shape index (κ2) is 5.72. The minimum atomic E-state index is -0.940. The van der Waals surface area contributed by atoms with Crippen molar-refractivity contribution in [3.05, 3.63) is 64.8 Å². The fraction of sp³-hybridized carbons (Fsp3) is 0.158. The summed E-state index contributed by atoms with van der Waals surface area (Å²) < 4.78 is 0. The Balaban J connectivity index is 2.15. The molecule has 0 radical (unpaired) electrons. The first-order chi connectivity index (χ1) is 10.9. The van der Waals surface area contributed by atoms with Crippen LogP contribution in [0.4, 0.5) is 11.4 Å². The number of fused-ring (bicyclic) bond motifs is 1. The van der Waals surface area contributed by atoms with Gasteiger partial charge < -0.3 is 10.4 Å². The number of hydrogen-bond acceptors (Lipinski definition) is 3. The van der Waals surface area contributed by atoms with E-state index in [0.29, 0.717) is 0 Å². The summed E-state index contributed by atoms with van der Waals surface area (Å²) in [7, 11) is 0. The molecule has 0 saturated heterocycles. The number of hydrogen-bond donors (Lipinski definition) is 2. The number of aryl methyl sites for hydroxylation is 3. The van der Waals surface area contributed by atoms with Gasteiger partial charge in [-0.05, 0) is 56.7 Å². The van der Waals surface area contributed by atoms with Gasteiger partial charge in [-0.15, -0.1) is 0 Å². The van der Waals surface area contributed by atoms with Crippen LogP contribution >= 0.6 is 0 Å². The molecule has 0 saturated carbocycles. The first kappa shape index (κ1) is 15.0. The van der Waals surface area contributed by atoms with E-state index in [-0.39, 0.29) is 5.56 Å². The Morgan fingerprint density at radius 1 is 1.00 bits per heavy atom. The Kier molecular flexibility index (Phi) is 3.74. The summed E-state index contributed by atoms with van der Waals surface area (Å²) in [5, 5.41) is 13.4. The second-order valence-corrected chi connectivity index (χ2v) is 5.79. The van der Waals surface area contributed by atoms with E-state index in [9.17, 15) is 9.90 Å². The van der Waals surface area contributed by atoms with Crippen LogP contribution in [0.2, 0.25) is 0 Å². The molecule has 0 atom stereocenters. The third-order valence-corrected chi connectivity index (χ3v) is 3.83. The molecule has 4 nitrogen and oxygen atoms in total. The van der Waals surface area contributed by atoms with Crippen LogP contribution in [0.1, 0.15) is 27.2 Å². The first-order valence-electron chi connectivity index (χ1n) is 7.43. The fourth-order valence-corrected chi connectivity index (χ4v) is 2.69. The molecule has 0 amide bonds. The zero-order chi connectivity index (χ0) is 16.6. The number of rotatable bonds is 3. The van der Waals surface area contributed by atoms with Gasteiger partial charge in [-0.1, -0.05) is 17.7 Å². The quantitative estimate of drug-likeness (QED) is 0.742. The van der Waals surface area contributed by atoms with Crippen LogP contribution in [0.3, 0.4) is 0 Å². The lowest BCUT2D eigenvalue weighted by Crippen LogP contribution is -2.00. The van der Waals surface area contributed by atoms with Crippen LogP contribution in [0.5, 0.6) is 0 Å². The lowest BCUT2D eigenvalue weighted by molar-refractivity contribution is 0.0697. The summed E-state index contributed by atoms with van der Waals surface area (Å²) in [5.74, 6) is -0.940. The molecule has 23 heavy (non-hydrogen) atoms. The van der Waals surface area contributed by atoms with Gasteiger partial charge >= 0.3 is 5.97 Å². The molecule has 3 rings (SSSR count). The zero-order valence-electron chi connectivity index (χ0n) is 13.3. The summed E-state index contributed by atoms with van der Waals surface area (Å²) in [6, 6.07) is 13.1. The van der Waals surface area contributed by atoms with Gasteiger partial charge in [-0.3, -0.25) is 4.98 Å². The molecule has 2 N–H and O–H groups in total. The smallest absolute Gasteiger partial charge is 0.335 e. The van der Waals surface area contributed by atoms with Gasteiger partial charge in [0.15, 0.2) is 0 Å². The Morgan fingerprint density at radius 3 is 2.48 bits per heavy atom. The maximum Gasteiger partial charge on any atom is 0.335 e. The number of benzene rings is 2. The number of pyridine rings is 1. The van der Waals surface area contributed by atoms with E-state index in [0.717, 1.165) is 33.5 Å². The molecular formula is C19H18N2O2. The molecule has 1 heterocycles. The van der Waals surface area contributed by atoms with Crippen molar-refractivity contribution >= 4 is 28.2 Å². The van der Waals surface area contributed by atoms with Crippen LogP contribution < -0.4 is 5.32 Å². The topological polar surface area (TPSA) is 62.2 Å². The van der Waals surface area contributed by atoms with Crippen molar-refractivity contribution < 1.29 is 9.90 Å². The average Bonchev–Trinajstić information content (AvgIpc) is 2.49. The summed E-state index contributed by atoms with van der Waals surface area (Å²) in [5.41, 5.74) is 6.13. The van der Waals surface area contributed by atoms with E-state index >= 15 is 0 Å². The molecule has 116 valence electrons. The predicted octanol–water partition coefficient (Wildman–Crippen LogP) is 4.60. The van der Waals surface area contributed by atoms with Gasteiger partial charge in [0, 0.05) is 22.5 Å². The Hall–Kier alpha value is -2.88. The average molecular weight is 306 g/mol. The van der Waals surface area contributed by atoms with E-state index in [2.05, 4.69) is 23.3 Å². The zero-order valence-corrected chi connectivity index (χ0v) is 13.3. The van der Waals surface area contributed by atoms with Crippen LogP contribution in [0.25, 0.3) is 10.9 Å². The summed E-state index contributed by atoms with van der Waals surface area (Å²) in [6.07, 6.45) is 0. The molecule has 3 aromatic rings. The minimum absolute atomic E-state index is 0.256. The van der Waals surface area contributed by atoms with Crippen LogP contribution in [-0.4, -0.2) is 16.1 Å². The van der Waals surface area contributed by atoms with Crippen molar-refractivity contribution in [2.45, 2.75) is 20.8 Å². The summed E-state index contributed by atoms with van der Waals surface area (Å²) in [6.45, 7) is 6.04. The highest BCUT2D eigenvalue weighted by Crippen LogP contribution is 2.29. The van der Waals surface area contributed by atoms with Crippen molar-refractivity contribution in [1.29, 1.82) is 0 Å². The van der Waals surface area contributed by atoms with E-state index in [1.54, 1.807) is 18.2 Å². The van der Waals surface area contributed by atoms with E-state index in [4.69, 9.17) is 0 Å². The normalized spacial score (nSPS) is 10.7. The van der Waals surface area contributed by atoms with Crippen molar-refractivity contribution in [3.8, 4) is 0 Å². The molecular weight excluding hydrogens is 288 g/mol. The lowest BCUT2D eigenvalue weighted by Gasteiger charge is -2.14. The van der Waals surface area contributed by atoms with Gasteiger partial charge in [0.1, 0.15) is 0 Å². The molecule has 0 aliphatic carbocycles. The Labute approximate surface area is 134 Å². The number of nitrogens with one attached hydrogen (secondary N) is 1. The maximum atomic E-state index is 11.2. The number of carboxylic acid groups (broad SMARTS) is 1. The molecule has 0 bridgehead atoms. The third-order valence-electron chi connectivity index (χ3n) is 3.83. The number of anilines is 2. The fourth-order valence-electron chi connectivity index (χ4n) is 2.69. The molecule has 0 aliphatic heterocycles. The third kappa shape index (κ3) is 3.01. The van der Waals surface area contributed by atoms with Gasteiger partial charge in [-0.2, -0.15) is 0 Å². The van der Waals surface area contributed by atoms with Crippen molar-refractivity contribution in [3.63, 3.8) is 0 Å². The van der Waals surface area contributed by atoms with Crippen LogP contribution in [0.15, 0.2) is 42.5 Å². The molecule has 0 unspecified atom stereocenters. The predicted molar refractivity (Wildman–Crippen MR) is 92.6 cm³/mol. The first-order valence-corrected chi connectivity index (χ1v) is 7.43. The highest BCUT2D eigenvalue weighted by Gasteiger charge is 2.10. The standard InChI is InChI=1S/C19H18N2O2/c1-11-4-6-16(12(2)8-11)21-18-9-13(3)20-17-7-5-14(19(22)23)10-15(17)18/h4-10H,1-3H3,(H,20,21)(H,22,23). The van der Waals surface area contributed by atoms with E-state index in [1.165, 1.54) is 5.56 Å². The van der Waals surface area contributed by atoms with Crippen molar-refractivity contribution in [2.24, 2.45) is 0 Å². The van der Waals surface area contributed by atoms with E-state index in [1.807, 2.05) is 32.0 Å². The maximum absolute atomic E-state index is 11.2. The number of carboxylic acids is 1. The van der Waals surface area contributed by atoms with Crippen LogP contribution in [-0.2, 0) is 0 Å². The Bertz CT molecular complexity index is 917. The molecule has 2 aromatic carbocycles. The SMILES string of the molecule is Cc1ccc(Nc2cc(C)nc3ccc(C(=O)O)cc23)c(C)c1. The molecule has 0 aliphatic rings. The number of aromatic nitrogens is 1.